The average Bonchev–Trinajstić information content (AvgIpc) is 2.68. The molecule has 9 heteroatoms. The number of halogens is 2. The molecule has 0 aliphatic carbocycles. The maximum Gasteiger partial charge on any atom is 0.234 e. The summed E-state index contributed by atoms with van der Waals surface area (Å²) < 4.78 is 5.91. The van der Waals surface area contributed by atoms with Crippen molar-refractivity contribution in [3.8, 4) is 17.7 Å². The highest BCUT2D eigenvalue weighted by molar-refractivity contribution is 7.99. The van der Waals surface area contributed by atoms with Crippen molar-refractivity contribution < 1.29 is 9.53 Å². The smallest absolute Gasteiger partial charge is 0.234 e. The molecule has 0 aliphatic heterocycles. The predicted octanol–water partition coefficient (Wildman–Crippen LogP) is 5.80. The second-order valence-corrected chi connectivity index (χ2v) is 8.14. The third-order valence-corrected chi connectivity index (χ3v) is 5.18. The first-order valence-electron chi connectivity index (χ1n) is 8.75. The number of aromatic nitrogens is 2. The molecule has 0 aliphatic rings. The Bertz CT molecular complexity index is 1100. The number of thioether (sulfide) groups is 1. The topological polar surface area (TPSA) is 87.9 Å². The van der Waals surface area contributed by atoms with Gasteiger partial charge in [0.25, 0.3) is 0 Å². The molecule has 30 heavy (non-hydrogen) atoms. The number of carbonyl (C=O) groups excluding carboxylic acids is 1. The van der Waals surface area contributed by atoms with Gasteiger partial charge in [0.15, 0.2) is 5.16 Å². The molecule has 2 aromatic carbocycles. The van der Waals surface area contributed by atoms with Crippen LogP contribution in [0.15, 0.2) is 47.8 Å². The second-order valence-electron chi connectivity index (χ2n) is 6.33. The van der Waals surface area contributed by atoms with E-state index in [1.807, 2.05) is 13.8 Å². The lowest BCUT2D eigenvalue weighted by Gasteiger charge is -2.12. The van der Waals surface area contributed by atoms with Crippen molar-refractivity contribution in [3.05, 3.63) is 69.3 Å². The van der Waals surface area contributed by atoms with E-state index >= 15 is 0 Å². The largest absolute Gasteiger partial charge is 0.438 e. The molecule has 0 atom stereocenters. The number of nitrogens with one attached hydrogen (secondary N) is 1. The van der Waals surface area contributed by atoms with Crippen molar-refractivity contribution in [1.82, 2.24) is 9.97 Å². The van der Waals surface area contributed by atoms with Crippen LogP contribution in [-0.4, -0.2) is 21.6 Å². The Hall–Kier alpha value is -2.79. The Morgan fingerprint density at radius 3 is 2.47 bits per heavy atom. The van der Waals surface area contributed by atoms with Crippen LogP contribution in [0.4, 0.5) is 5.69 Å². The normalized spacial score (nSPS) is 10.4. The van der Waals surface area contributed by atoms with Crippen molar-refractivity contribution in [3.63, 3.8) is 0 Å². The summed E-state index contributed by atoms with van der Waals surface area (Å²) >= 11 is 13.0. The molecule has 1 aromatic heterocycles. The quantitative estimate of drug-likeness (QED) is 0.371. The third-order valence-electron chi connectivity index (χ3n) is 3.88. The van der Waals surface area contributed by atoms with Crippen LogP contribution in [0.2, 0.25) is 10.0 Å². The van der Waals surface area contributed by atoms with Crippen LogP contribution in [0.5, 0.6) is 11.6 Å². The third kappa shape index (κ3) is 5.86. The molecule has 0 saturated heterocycles. The van der Waals surface area contributed by atoms with Crippen molar-refractivity contribution in [2.24, 2.45) is 0 Å². The Balaban J connectivity index is 1.65. The summed E-state index contributed by atoms with van der Waals surface area (Å²) in [5.41, 5.74) is 2.75. The minimum absolute atomic E-state index is 0.0997. The highest BCUT2D eigenvalue weighted by atomic mass is 35.5. The van der Waals surface area contributed by atoms with E-state index in [9.17, 15) is 4.79 Å². The summed E-state index contributed by atoms with van der Waals surface area (Å²) in [7, 11) is 0. The van der Waals surface area contributed by atoms with Gasteiger partial charge in [0.2, 0.25) is 11.8 Å². The van der Waals surface area contributed by atoms with Gasteiger partial charge in [0, 0.05) is 28.0 Å². The lowest BCUT2D eigenvalue weighted by atomic mass is 10.1. The molecule has 0 spiro atoms. The Labute approximate surface area is 188 Å². The van der Waals surface area contributed by atoms with E-state index < -0.39 is 0 Å². The van der Waals surface area contributed by atoms with Gasteiger partial charge in [-0.2, -0.15) is 10.2 Å². The molecule has 0 fully saturated rings. The van der Waals surface area contributed by atoms with Crippen LogP contribution < -0.4 is 10.1 Å². The van der Waals surface area contributed by atoms with Crippen LogP contribution >= 0.6 is 35.0 Å². The van der Waals surface area contributed by atoms with Gasteiger partial charge in [-0.15, -0.1) is 0 Å². The zero-order valence-corrected chi connectivity index (χ0v) is 18.4. The molecule has 6 nitrogen and oxygen atoms in total. The van der Waals surface area contributed by atoms with E-state index in [0.29, 0.717) is 38.1 Å². The fourth-order valence-corrected chi connectivity index (χ4v) is 3.83. The van der Waals surface area contributed by atoms with Gasteiger partial charge in [-0.1, -0.05) is 35.0 Å². The molecule has 152 valence electrons. The van der Waals surface area contributed by atoms with Gasteiger partial charge in [-0.05, 0) is 55.3 Å². The molecule has 0 saturated carbocycles. The van der Waals surface area contributed by atoms with Crippen molar-refractivity contribution in [2.75, 3.05) is 11.1 Å². The highest BCUT2D eigenvalue weighted by Gasteiger charge is 2.11. The first-order valence-corrected chi connectivity index (χ1v) is 10.5. The summed E-state index contributed by atoms with van der Waals surface area (Å²) in [6.07, 6.45) is 1.56. The lowest BCUT2D eigenvalue weighted by molar-refractivity contribution is -0.113. The number of hydrogen-bond acceptors (Lipinski definition) is 6. The number of aryl methyl sites for hydroxylation is 2. The van der Waals surface area contributed by atoms with Crippen LogP contribution in [0, 0.1) is 25.2 Å². The molecular weight excluding hydrogens is 443 g/mol. The minimum Gasteiger partial charge on any atom is -0.438 e. The standard InChI is InChI=1S/C21H16Cl2N4O2S/c1-12-5-14(10-24)6-13(2)20(12)29-19-3-4-25-21(27-19)30-11-18(28)26-17-8-15(22)7-16(23)9-17/h3-9H,11H2,1-2H3,(H,26,28). The molecule has 1 N–H and O–H groups in total. The van der Waals surface area contributed by atoms with E-state index in [4.69, 9.17) is 33.2 Å². The fraction of sp³-hybridized carbons (Fsp3) is 0.143. The number of amides is 1. The van der Waals surface area contributed by atoms with Crippen LogP contribution in [0.3, 0.4) is 0 Å². The van der Waals surface area contributed by atoms with Crippen molar-refractivity contribution >= 4 is 46.6 Å². The Kier molecular flexibility index (Phi) is 7.16. The summed E-state index contributed by atoms with van der Waals surface area (Å²) in [5.74, 6) is 0.847. The number of carbonyl (C=O) groups is 1. The van der Waals surface area contributed by atoms with Crippen molar-refractivity contribution in [2.45, 2.75) is 19.0 Å². The van der Waals surface area contributed by atoms with E-state index in [1.54, 1.807) is 42.6 Å². The molecule has 0 unspecified atom stereocenters. The molecule has 1 amide bonds. The van der Waals surface area contributed by atoms with E-state index in [-0.39, 0.29) is 11.7 Å². The summed E-state index contributed by atoms with van der Waals surface area (Å²) in [5, 5.41) is 13.1. The number of rotatable bonds is 6. The van der Waals surface area contributed by atoms with Gasteiger partial charge in [0.1, 0.15) is 5.75 Å². The maximum absolute atomic E-state index is 12.2. The highest BCUT2D eigenvalue weighted by Crippen LogP contribution is 2.29. The zero-order chi connectivity index (χ0) is 21.7. The number of anilines is 1. The number of hydrogen-bond donors (Lipinski definition) is 1. The Morgan fingerprint density at radius 2 is 1.83 bits per heavy atom. The summed E-state index contributed by atoms with van der Waals surface area (Å²) in [6.45, 7) is 3.74. The second kappa shape index (κ2) is 9.81. The Morgan fingerprint density at radius 1 is 1.17 bits per heavy atom. The van der Waals surface area contributed by atoms with Gasteiger partial charge < -0.3 is 10.1 Å². The summed E-state index contributed by atoms with van der Waals surface area (Å²) in [6, 6.07) is 12.1. The fourth-order valence-electron chi connectivity index (χ4n) is 2.69. The average molecular weight is 459 g/mol. The van der Waals surface area contributed by atoms with Crippen molar-refractivity contribution in [1.29, 1.82) is 5.26 Å². The molecule has 0 radical (unpaired) electrons. The minimum atomic E-state index is -0.243. The van der Waals surface area contributed by atoms with Crippen LogP contribution in [0.25, 0.3) is 0 Å². The molecular formula is C21H16Cl2N4O2S. The number of nitriles is 1. The van der Waals surface area contributed by atoms with Crippen LogP contribution in [0.1, 0.15) is 16.7 Å². The van der Waals surface area contributed by atoms with Gasteiger partial charge in [-0.25, -0.2) is 4.98 Å². The molecule has 3 aromatic rings. The molecule has 3 rings (SSSR count). The first-order chi connectivity index (χ1) is 14.3. The number of benzene rings is 2. The van der Waals surface area contributed by atoms with E-state index in [2.05, 4.69) is 21.4 Å². The summed E-state index contributed by atoms with van der Waals surface area (Å²) in [4.78, 5) is 20.7. The number of ether oxygens (including phenoxy) is 1. The number of nitrogens with zero attached hydrogens (tertiary/aromatic N) is 3. The monoisotopic (exact) mass is 458 g/mol. The SMILES string of the molecule is Cc1cc(C#N)cc(C)c1Oc1ccnc(SCC(=O)Nc2cc(Cl)cc(Cl)c2)n1. The van der Waals surface area contributed by atoms with Gasteiger partial charge >= 0.3 is 0 Å². The zero-order valence-electron chi connectivity index (χ0n) is 16.1. The van der Waals surface area contributed by atoms with E-state index in [0.717, 1.165) is 11.1 Å². The molecule has 0 bridgehead atoms. The van der Waals surface area contributed by atoms with Gasteiger partial charge in [0.05, 0.1) is 17.4 Å². The molecule has 1 heterocycles. The lowest BCUT2D eigenvalue weighted by Crippen LogP contribution is -2.14. The van der Waals surface area contributed by atoms with Crippen LogP contribution in [-0.2, 0) is 4.79 Å². The first kappa shape index (κ1) is 21.9. The maximum atomic E-state index is 12.2. The predicted molar refractivity (Wildman–Crippen MR) is 119 cm³/mol. The van der Waals surface area contributed by atoms with Gasteiger partial charge in [-0.3, -0.25) is 4.79 Å². The van der Waals surface area contributed by atoms with E-state index in [1.165, 1.54) is 11.8 Å².